The van der Waals surface area contributed by atoms with Crippen LogP contribution >= 0.6 is 0 Å². The summed E-state index contributed by atoms with van der Waals surface area (Å²) in [6, 6.07) is 3.58. The number of aliphatic hydroxyl groups is 1. The number of ether oxygens (including phenoxy) is 3. The third-order valence-corrected chi connectivity index (χ3v) is 5.79. The first-order valence-corrected chi connectivity index (χ1v) is 10.9. The third kappa shape index (κ3) is 6.24. The molecule has 2 aliphatic rings. The van der Waals surface area contributed by atoms with Crippen LogP contribution in [0.4, 0.5) is 5.69 Å². The highest BCUT2D eigenvalue weighted by Gasteiger charge is 2.29. The fraction of sp³-hybridized carbons (Fsp3) is 0.636. The van der Waals surface area contributed by atoms with E-state index in [1.807, 2.05) is 6.07 Å². The minimum Gasteiger partial charge on any atom is -0.489 e. The zero-order chi connectivity index (χ0) is 22.2. The maximum Gasteiger partial charge on any atom is 0.305 e. The first-order chi connectivity index (χ1) is 15.0. The summed E-state index contributed by atoms with van der Waals surface area (Å²) in [4.78, 5) is 26.3. The summed E-state index contributed by atoms with van der Waals surface area (Å²) in [6.07, 6.45) is 2.08. The number of anilines is 1. The minimum absolute atomic E-state index is 0.0240. The Balaban J connectivity index is 1.54. The Hall–Kier alpha value is -2.52. The molecule has 0 unspecified atom stereocenters. The number of benzene rings is 1. The minimum atomic E-state index is -0.535. The van der Waals surface area contributed by atoms with E-state index in [0.29, 0.717) is 56.2 Å². The molecule has 0 aromatic heterocycles. The van der Waals surface area contributed by atoms with Gasteiger partial charge in [0.25, 0.3) is 5.91 Å². The van der Waals surface area contributed by atoms with E-state index in [9.17, 15) is 14.7 Å². The average Bonchev–Trinajstić information content (AvgIpc) is 3.02. The van der Waals surface area contributed by atoms with E-state index in [-0.39, 0.29) is 17.8 Å². The van der Waals surface area contributed by atoms with Crippen LogP contribution < -0.4 is 20.1 Å². The SMILES string of the molecule is CNc1cc2c(c(C(=O)NC[C@@H]3CCN(CCCC(=O)OC)C[C@H]3O)c1)OCCCO2. The van der Waals surface area contributed by atoms with E-state index >= 15 is 0 Å². The molecule has 0 saturated carbocycles. The van der Waals surface area contributed by atoms with E-state index in [0.717, 1.165) is 31.6 Å². The van der Waals surface area contributed by atoms with E-state index in [4.69, 9.17) is 9.47 Å². The molecule has 9 heteroatoms. The quantitative estimate of drug-likeness (QED) is 0.524. The molecule has 3 rings (SSSR count). The Morgan fingerprint density at radius 3 is 2.84 bits per heavy atom. The average molecular weight is 436 g/mol. The molecule has 0 radical (unpaired) electrons. The summed E-state index contributed by atoms with van der Waals surface area (Å²) in [7, 11) is 3.17. The van der Waals surface area contributed by atoms with Crippen LogP contribution in [0.5, 0.6) is 11.5 Å². The number of rotatable bonds is 8. The van der Waals surface area contributed by atoms with Gasteiger partial charge in [-0.25, -0.2) is 0 Å². The van der Waals surface area contributed by atoms with Crippen LogP contribution in [0, 0.1) is 5.92 Å². The second-order valence-corrected chi connectivity index (χ2v) is 7.96. The van der Waals surface area contributed by atoms with Crippen molar-refractivity contribution >= 4 is 17.6 Å². The number of esters is 1. The molecule has 1 amide bonds. The van der Waals surface area contributed by atoms with Gasteiger partial charge in [-0.05, 0) is 32.0 Å². The number of nitrogens with zero attached hydrogens (tertiary/aromatic N) is 1. The van der Waals surface area contributed by atoms with Gasteiger partial charge >= 0.3 is 5.97 Å². The van der Waals surface area contributed by atoms with Crippen molar-refractivity contribution in [2.24, 2.45) is 5.92 Å². The second-order valence-electron chi connectivity index (χ2n) is 7.96. The first-order valence-electron chi connectivity index (χ1n) is 10.9. The first kappa shape index (κ1) is 23.1. The summed E-state index contributed by atoms with van der Waals surface area (Å²) in [5.41, 5.74) is 1.20. The zero-order valence-corrected chi connectivity index (χ0v) is 18.3. The van der Waals surface area contributed by atoms with Gasteiger partial charge in [0.05, 0.1) is 32.0 Å². The lowest BCUT2D eigenvalue weighted by atomic mass is 9.93. The molecule has 1 aromatic carbocycles. The largest absolute Gasteiger partial charge is 0.489 e. The van der Waals surface area contributed by atoms with Crippen molar-refractivity contribution in [3.63, 3.8) is 0 Å². The molecule has 0 bridgehead atoms. The molecule has 172 valence electrons. The summed E-state index contributed by atoms with van der Waals surface area (Å²) in [5, 5.41) is 16.6. The number of β-amino-alcohol motifs (C(OH)–C–C–N with tert-alkyl or cyclic N) is 1. The number of nitrogens with one attached hydrogen (secondary N) is 2. The maximum absolute atomic E-state index is 12.9. The van der Waals surface area contributed by atoms with E-state index < -0.39 is 6.10 Å². The van der Waals surface area contributed by atoms with E-state index in [1.165, 1.54) is 7.11 Å². The molecule has 2 atom stereocenters. The van der Waals surface area contributed by atoms with Crippen molar-refractivity contribution in [3.8, 4) is 11.5 Å². The second kappa shape index (κ2) is 11.2. The lowest BCUT2D eigenvalue weighted by molar-refractivity contribution is -0.140. The standard InChI is InChI=1S/C22H33N3O6/c1-23-16-11-17(21-19(12-16)30-9-4-10-31-21)22(28)24-13-15-6-8-25(14-18(15)26)7-3-5-20(27)29-2/h11-12,15,18,23,26H,3-10,13-14H2,1-2H3,(H,24,28)/t15-,18+/m0/s1. The van der Waals surface area contributed by atoms with Gasteiger partial charge in [0.15, 0.2) is 11.5 Å². The van der Waals surface area contributed by atoms with Gasteiger partial charge in [0, 0.05) is 50.7 Å². The number of aliphatic hydroxyl groups excluding tert-OH is 1. The highest BCUT2D eigenvalue weighted by molar-refractivity contribution is 5.99. The number of methoxy groups -OCH3 is 1. The van der Waals surface area contributed by atoms with Gasteiger partial charge in [-0.2, -0.15) is 0 Å². The third-order valence-electron chi connectivity index (χ3n) is 5.79. The van der Waals surface area contributed by atoms with Crippen molar-refractivity contribution in [2.75, 3.05) is 58.9 Å². The molecular weight excluding hydrogens is 402 g/mol. The van der Waals surface area contributed by atoms with Crippen molar-refractivity contribution in [1.29, 1.82) is 0 Å². The Bertz CT molecular complexity index is 772. The molecule has 0 aliphatic carbocycles. The number of fused-ring (bicyclic) bond motifs is 1. The lowest BCUT2D eigenvalue weighted by Crippen LogP contribution is -2.47. The van der Waals surface area contributed by atoms with Crippen molar-refractivity contribution in [2.45, 2.75) is 31.8 Å². The Labute approximate surface area is 183 Å². The van der Waals surface area contributed by atoms with Crippen LogP contribution in [0.1, 0.15) is 36.0 Å². The van der Waals surface area contributed by atoms with Crippen molar-refractivity contribution in [1.82, 2.24) is 10.2 Å². The Morgan fingerprint density at radius 2 is 2.10 bits per heavy atom. The molecular formula is C22H33N3O6. The van der Waals surface area contributed by atoms with Crippen LogP contribution in [-0.2, 0) is 9.53 Å². The fourth-order valence-electron chi connectivity index (χ4n) is 3.94. The summed E-state index contributed by atoms with van der Waals surface area (Å²) < 4.78 is 16.2. The van der Waals surface area contributed by atoms with E-state index in [2.05, 4.69) is 20.3 Å². The predicted octanol–water partition coefficient (Wildman–Crippen LogP) is 1.26. The van der Waals surface area contributed by atoms with Gasteiger partial charge < -0.3 is 34.9 Å². The highest BCUT2D eigenvalue weighted by Crippen LogP contribution is 2.36. The van der Waals surface area contributed by atoms with Gasteiger partial charge in [-0.3, -0.25) is 9.59 Å². The summed E-state index contributed by atoms with van der Waals surface area (Å²) in [6.45, 7) is 3.52. The molecule has 2 aliphatic heterocycles. The van der Waals surface area contributed by atoms with Crippen LogP contribution in [0.2, 0.25) is 0 Å². The van der Waals surface area contributed by atoms with Gasteiger partial charge in [-0.1, -0.05) is 0 Å². The van der Waals surface area contributed by atoms with Crippen LogP contribution in [0.15, 0.2) is 12.1 Å². The van der Waals surface area contributed by atoms with Gasteiger partial charge in [0.2, 0.25) is 0 Å². The molecule has 9 nitrogen and oxygen atoms in total. The summed E-state index contributed by atoms with van der Waals surface area (Å²) in [5.74, 6) is 0.549. The molecule has 3 N–H and O–H groups in total. The molecule has 2 heterocycles. The normalized spacial score (nSPS) is 21.1. The number of amides is 1. The maximum atomic E-state index is 12.9. The lowest BCUT2D eigenvalue weighted by Gasteiger charge is -2.36. The van der Waals surface area contributed by atoms with Crippen molar-refractivity contribution in [3.05, 3.63) is 17.7 Å². The number of carbonyl (C=O) groups is 2. The zero-order valence-electron chi connectivity index (χ0n) is 18.3. The molecule has 1 aromatic rings. The number of piperidine rings is 1. The fourth-order valence-corrected chi connectivity index (χ4v) is 3.94. The van der Waals surface area contributed by atoms with Crippen LogP contribution in [0.3, 0.4) is 0 Å². The Morgan fingerprint density at radius 1 is 1.29 bits per heavy atom. The Kier molecular flexibility index (Phi) is 8.36. The molecule has 1 fully saturated rings. The van der Waals surface area contributed by atoms with Crippen molar-refractivity contribution < 1.29 is 28.9 Å². The molecule has 31 heavy (non-hydrogen) atoms. The number of hydrogen-bond donors (Lipinski definition) is 3. The molecule has 1 saturated heterocycles. The number of carbonyl (C=O) groups excluding carboxylic acids is 2. The number of hydrogen-bond acceptors (Lipinski definition) is 8. The van der Waals surface area contributed by atoms with E-state index in [1.54, 1.807) is 13.1 Å². The van der Waals surface area contributed by atoms with Gasteiger partial charge in [-0.15, -0.1) is 0 Å². The smallest absolute Gasteiger partial charge is 0.305 e. The predicted molar refractivity (Wildman–Crippen MR) is 116 cm³/mol. The topological polar surface area (TPSA) is 109 Å². The number of likely N-dealkylation sites (tertiary alicyclic amines) is 1. The van der Waals surface area contributed by atoms with Gasteiger partial charge in [0.1, 0.15) is 0 Å². The van der Waals surface area contributed by atoms with Crippen LogP contribution in [0.25, 0.3) is 0 Å². The molecule has 0 spiro atoms. The monoisotopic (exact) mass is 435 g/mol. The summed E-state index contributed by atoms with van der Waals surface area (Å²) >= 11 is 0. The van der Waals surface area contributed by atoms with Crippen LogP contribution in [-0.4, -0.2) is 81.5 Å². The highest BCUT2D eigenvalue weighted by atomic mass is 16.5.